The van der Waals surface area contributed by atoms with E-state index in [1.807, 2.05) is 0 Å². The van der Waals surface area contributed by atoms with Crippen molar-refractivity contribution in [2.24, 2.45) is 0 Å². The maximum atomic E-state index is 4.30. The monoisotopic (exact) mass is 289 g/mol. The largest absolute Gasteiger partial charge is 0.306 e. The van der Waals surface area contributed by atoms with Gasteiger partial charge in [0.05, 0.1) is 16.6 Å². The number of hydrogen-bond acceptors (Lipinski definition) is 4. The fourth-order valence-electron chi connectivity index (χ4n) is 2.36. The summed E-state index contributed by atoms with van der Waals surface area (Å²) in [6.45, 7) is 7.44. The van der Waals surface area contributed by atoms with Crippen LogP contribution in [0, 0.1) is 0 Å². The van der Waals surface area contributed by atoms with Gasteiger partial charge in [-0.1, -0.05) is 55.9 Å². The fourth-order valence-corrected chi connectivity index (χ4v) is 3.16. The van der Waals surface area contributed by atoms with Gasteiger partial charge >= 0.3 is 0 Å². The lowest BCUT2D eigenvalue weighted by atomic mass is 10.0. The molecule has 0 spiro atoms. The highest BCUT2D eigenvalue weighted by Gasteiger charge is 2.19. The number of nitrogens with zero attached hydrogens (tertiary/aromatic N) is 2. The van der Waals surface area contributed by atoms with Gasteiger partial charge in [-0.3, -0.25) is 0 Å². The Bertz CT molecular complexity index is 519. The molecule has 0 aliphatic heterocycles. The molecule has 0 fully saturated rings. The molecule has 1 aromatic heterocycles. The topological polar surface area (TPSA) is 37.8 Å². The molecule has 4 heteroatoms. The highest BCUT2D eigenvalue weighted by molar-refractivity contribution is 7.05. The molecule has 0 amide bonds. The molecular weight excluding hydrogens is 266 g/mol. The number of nitrogens with one attached hydrogen (secondary N) is 1. The summed E-state index contributed by atoms with van der Waals surface area (Å²) in [4.78, 5) is 1.26. The zero-order chi connectivity index (χ0) is 14.4. The maximum absolute atomic E-state index is 4.30. The zero-order valence-corrected chi connectivity index (χ0v) is 13.3. The Balaban J connectivity index is 2.31. The molecule has 2 rings (SSSR count). The Morgan fingerprint density at radius 2 is 1.90 bits per heavy atom. The first-order chi connectivity index (χ1) is 9.80. The average Bonchev–Trinajstić information content (AvgIpc) is 2.93. The molecule has 1 heterocycles. The number of aromatic nitrogens is 2. The third-order valence-corrected chi connectivity index (χ3v) is 4.29. The highest BCUT2D eigenvalue weighted by atomic mass is 32.1. The average molecular weight is 289 g/mol. The zero-order valence-electron chi connectivity index (χ0n) is 12.5. The van der Waals surface area contributed by atoms with Crippen LogP contribution in [0.5, 0.6) is 0 Å². The second-order valence-corrected chi connectivity index (χ2v) is 5.71. The molecule has 1 aromatic carbocycles. The van der Waals surface area contributed by atoms with Crippen LogP contribution in [-0.4, -0.2) is 16.1 Å². The van der Waals surface area contributed by atoms with Gasteiger partial charge in [-0.2, -0.15) is 0 Å². The van der Waals surface area contributed by atoms with E-state index >= 15 is 0 Å². The van der Waals surface area contributed by atoms with Crippen LogP contribution in [0.4, 0.5) is 0 Å². The second kappa shape index (κ2) is 7.50. The maximum Gasteiger partial charge on any atom is 0.0807 e. The lowest BCUT2D eigenvalue weighted by Crippen LogP contribution is -2.22. The van der Waals surface area contributed by atoms with E-state index in [-0.39, 0.29) is 6.04 Å². The standard InChI is InChI=1S/C16H23N3S/c1-4-7-14-16(20-19-18-14)15(17-6-3)13-10-8-12(5-2)9-11-13/h8-11,15,17H,4-7H2,1-3H3. The fraction of sp³-hybridized carbons (Fsp3) is 0.500. The molecule has 0 saturated carbocycles. The van der Waals surface area contributed by atoms with Crippen LogP contribution in [-0.2, 0) is 12.8 Å². The minimum Gasteiger partial charge on any atom is -0.306 e. The van der Waals surface area contributed by atoms with Crippen molar-refractivity contribution in [1.82, 2.24) is 14.9 Å². The quantitative estimate of drug-likeness (QED) is 0.843. The molecule has 0 bridgehead atoms. The van der Waals surface area contributed by atoms with Crippen molar-refractivity contribution >= 4 is 11.5 Å². The Labute approximate surface area is 125 Å². The van der Waals surface area contributed by atoms with Crippen molar-refractivity contribution in [3.8, 4) is 0 Å². The van der Waals surface area contributed by atoms with E-state index in [9.17, 15) is 0 Å². The Kier molecular flexibility index (Phi) is 5.68. The first kappa shape index (κ1) is 15.1. The van der Waals surface area contributed by atoms with E-state index < -0.39 is 0 Å². The van der Waals surface area contributed by atoms with Gasteiger partial charge in [0.25, 0.3) is 0 Å². The van der Waals surface area contributed by atoms with Gasteiger partial charge in [0, 0.05) is 0 Å². The summed E-state index contributed by atoms with van der Waals surface area (Å²) in [5, 5.41) is 7.86. The molecule has 1 N–H and O–H groups in total. The number of hydrogen-bond donors (Lipinski definition) is 1. The Hall–Kier alpha value is -1.26. The van der Waals surface area contributed by atoms with Crippen LogP contribution in [0.3, 0.4) is 0 Å². The van der Waals surface area contributed by atoms with E-state index in [1.165, 1.54) is 27.5 Å². The highest BCUT2D eigenvalue weighted by Crippen LogP contribution is 2.28. The summed E-state index contributed by atoms with van der Waals surface area (Å²) >= 11 is 1.52. The van der Waals surface area contributed by atoms with E-state index in [0.29, 0.717) is 0 Å². The second-order valence-electron chi connectivity index (χ2n) is 4.92. The van der Waals surface area contributed by atoms with Crippen LogP contribution < -0.4 is 5.32 Å². The molecule has 0 aliphatic carbocycles. The molecule has 1 atom stereocenters. The van der Waals surface area contributed by atoms with Gasteiger partial charge in [-0.05, 0) is 42.0 Å². The van der Waals surface area contributed by atoms with Gasteiger partial charge in [0.15, 0.2) is 0 Å². The van der Waals surface area contributed by atoms with Gasteiger partial charge in [-0.25, -0.2) is 0 Å². The predicted molar refractivity (Wildman–Crippen MR) is 85.2 cm³/mol. The summed E-state index contributed by atoms with van der Waals surface area (Å²) in [5.41, 5.74) is 3.82. The van der Waals surface area contributed by atoms with Gasteiger partial charge in [-0.15, -0.1) is 5.10 Å². The van der Waals surface area contributed by atoms with Crippen molar-refractivity contribution < 1.29 is 0 Å². The molecule has 20 heavy (non-hydrogen) atoms. The van der Waals surface area contributed by atoms with Crippen LogP contribution in [0.25, 0.3) is 0 Å². The Morgan fingerprint density at radius 3 is 2.50 bits per heavy atom. The molecule has 0 saturated heterocycles. The van der Waals surface area contributed by atoms with Gasteiger partial charge in [0.1, 0.15) is 0 Å². The predicted octanol–water partition coefficient (Wildman–Crippen LogP) is 3.75. The minimum atomic E-state index is 0.215. The third kappa shape index (κ3) is 3.44. The normalized spacial score (nSPS) is 12.6. The first-order valence-corrected chi connectivity index (χ1v) is 8.20. The molecule has 3 nitrogen and oxygen atoms in total. The van der Waals surface area contributed by atoms with E-state index in [1.54, 1.807) is 0 Å². The van der Waals surface area contributed by atoms with Crippen LogP contribution in [0.1, 0.15) is 54.9 Å². The summed E-state index contributed by atoms with van der Waals surface area (Å²) in [7, 11) is 0. The molecular formula is C16H23N3S. The lowest BCUT2D eigenvalue weighted by Gasteiger charge is -2.18. The van der Waals surface area contributed by atoms with Crippen molar-refractivity contribution in [2.45, 2.75) is 46.1 Å². The van der Waals surface area contributed by atoms with Crippen molar-refractivity contribution in [1.29, 1.82) is 0 Å². The van der Waals surface area contributed by atoms with E-state index in [0.717, 1.165) is 31.5 Å². The number of rotatable bonds is 7. The summed E-state index contributed by atoms with van der Waals surface area (Å²) < 4.78 is 4.15. The van der Waals surface area contributed by atoms with Crippen LogP contribution >= 0.6 is 11.5 Å². The Morgan fingerprint density at radius 1 is 1.15 bits per heavy atom. The van der Waals surface area contributed by atoms with Gasteiger partial charge in [0.2, 0.25) is 0 Å². The van der Waals surface area contributed by atoms with Gasteiger partial charge < -0.3 is 5.32 Å². The van der Waals surface area contributed by atoms with Crippen LogP contribution in [0.2, 0.25) is 0 Å². The molecule has 0 radical (unpaired) electrons. The van der Waals surface area contributed by atoms with E-state index in [2.05, 4.69) is 59.9 Å². The first-order valence-electron chi connectivity index (χ1n) is 7.43. The van der Waals surface area contributed by atoms with Crippen molar-refractivity contribution in [3.05, 3.63) is 46.0 Å². The summed E-state index contributed by atoms with van der Waals surface area (Å²) in [6, 6.07) is 9.09. The smallest absolute Gasteiger partial charge is 0.0807 e. The summed E-state index contributed by atoms with van der Waals surface area (Å²) in [6.07, 6.45) is 3.18. The number of aryl methyl sites for hydroxylation is 2. The van der Waals surface area contributed by atoms with E-state index in [4.69, 9.17) is 0 Å². The molecule has 108 valence electrons. The lowest BCUT2D eigenvalue weighted by molar-refractivity contribution is 0.630. The third-order valence-electron chi connectivity index (χ3n) is 3.46. The van der Waals surface area contributed by atoms with Crippen molar-refractivity contribution in [3.63, 3.8) is 0 Å². The van der Waals surface area contributed by atoms with Crippen molar-refractivity contribution in [2.75, 3.05) is 6.54 Å². The van der Waals surface area contributed by atoms with Crippen LogP contribution in [0.15, 0.2) is 24.3 Å². The summed E-state index contributed by atoms with van der Waals surface area (Å²) in [5.74, 6) is 0. The number of benzene rings is 1. The SMILES string of the molecule is CCCc1nnsc1C(NCC)c1ccc(CC)cc1. The minimum absolute atomic E-state index is 0.215. The molecule has 1 unspecified atom stereocenters. The molecule has 2 aromatic rings. The molecule has 0 aliphatic rings.